The Morgan fingerprint density at radius 3 is 2.83 bits per heavy atom. The summed E-state index contributed by atoms with van der Waals surface area (Å²) < 4.78 is 28.1. The van der Waals surface area contributed by atoms with Gasteiger partial charge in [-0.1, -0.05) is 12.1 Å². The number of halogens is 2. The van der Waals surface area contributed by atoms with Crippen molar-refractivity contribution in [3.63, 3.8) is 0 Å². The summed E-state index contributed by atoms with van der Waals surface area (Å²) in [6.07, 6.45) is 1.16. The highest BCUT2D eigenvalue weighted by molar-refractivity contribution is 5.84. The fraction of sp³-hybridized carbons (Fsp3) is 0.118. The maximum Gasteiger partial charge on any atom is 0.247 e. The molecule has 0 aliphatic heterocycles. The van der Waals surface area contributed by atoms with E-state index in [0.717, 1.165) is 29.4 Å². The van der Waals surface area contributed by atoms with E-state index in [4.69, 9.17) is 0 Å². The number of rotatable bonds is 4. The van der Waals surface area contributed by atoms with E-state index in [9.17, 15) is 13.6 Å². The van der Waals surface area contributed by atoms with Crippen LogP contribution in [0.1, 0.15) is 11.4 Å². The van der Waals surface area contributed by atoms with Gasteiger partial charge in [0.15, 0.2) is 0 Å². The summed E-state index contributed by atoms with van der Waals surface area (Å²) >= 11 is 0. The Morgan fingerprint density at radius 1 is 1.29 bits per heavy atom. The number of fused-ring (bicyclic) bond motifs is 1. The second-order valence-corrected chi connectivity index (χ2v) is 5.21. The maximum atomic E-state index is 13.4. The summed E-state index contributed by atoms with van der Waals surface area (Å²) in [5.41, 5.74) is 4.13. The molecule has 5 nitrogen and oxygen atoms in total. The van der Waals surface area contributed by atoms with Gasteiger partial charge in [-0.05, 0) is 24.3 Å². The van der Waals surface area contributed by atoms with Gasteiger partial charge in [0.1, 0.15) is 17.5 Å². The molecule has 1 amide bonds. The van der Waals surface area contributed by atoms with E-state index in [1.807, 2.05) is 35.9 Å². The fourth-order valence-corrected chi connectivity index (χ4v) is 2.32. The molecule has 0 aliphatic carbocycles. The van der Waals surface area contributed by atoms with Gasteiger partial charge in [-0.3, -0.25) is 4.79 Å². The molecule has 1 heterocycles. The molecule has 3 aromatic rings. The lowest BCUT2D eigenvalue weighted by atomic mass is 10.2. The number of amides is 1. The molecule has 1 aromatic heterocycles. The van der Waals surface area contributed by atoms with E-state index in [1.165, 1.54) is 6.07 Å². The second kappa shape index (κ2) is 6.57. The molecule has 7 heteroatoms. The molecular weight excluding hydrogens is 314 g/mol. The molecule has 0 unspecified atom stereocenters. The van der Waals surface area contributed by atoms with Gasteiger partial charge < -0.3 is 4.57 Å². The second-order valence-electron chi connectivity index (χ2n) is 5.21. The van der Waals surface area contributed by atoms with Crippen molar-refractivity contribution in [1.29, 1.82) is 0 Å². The minimum atomic E-state index is -0.747. The Morgan fingerprint density at radius 2 is 2.08 bits per heavy atom. The first-order valence-electron chi connectivity index (χ1n) is 7.22. The number of nitrogens with one attached hydrogen (secondary N) is 1. The highest BCUT2D eigenvalue weighted by Crippen LogP contribution is 2.14. The van der Waals surface area contributed by atoms with Crippen LogP contribution < -0.4 is 5.43 Å². The predicted molar refractivity (Wildman–Crippen MR) is 86.5 cm³/mol. The Hall–Kier alpha value is -3.09. The van der Waals surface area contributed by atoms with Crippen molar-refractivity contribution in [2.45, 2.75) is 6.42 Å². The van der Waals surface area contributed by atoms with Crippen LogP contribution in [0.2, 0.25) is 0 Å². The number of hydrazone groups is 1. The fourth-order valence-electron chi connectivity index (χ4n) is 2.32. The molecule has 2 aromatic carbocycles. The van der Waals surface area contributed by atoms with Crippen molar-refractivity contribution in [3.8, 4) is 0 Å². The van der Waals surface area contributed by atoms with Crippen molar-refractivity contribution in [1.82, 2.24) is 15.0 Å². The largest absolute Gasteiger partial charge is 0.331 e. The Labute approximate surface area is 136 Å². The third-order valence-corrected chi connectivity index (χ3v) is 3.55. The SMILES string of the molecule is Cn1c(CC(=O)NN=Cc2ccc(F)cc2F)nc2ccccc21. The summed E-state index contributed by atoms with van der Waals surface area (Å²) in [5.74, 6) is -1.21. The number of hydrogen-bond donors (Lipinski definition) is 1. The molecule has 0 saturated heterocycles. The molecule has 3 rings (SSSR count). The summed E-state index contributed by atoms with van der Waals surface area (Å²) in [4.78, 5) is 16.3. The molecule has 0 spiro atoms. The van der Waals surface area contributed by atoms with Crippen LogP contribution in [-0.2, 0) is 18.3 Å². The van der Waals surface area contributed by atoms with Crippen molar-refractivity contribution in [2.24, 2.45) is 12.1 Å². The van der Waals surface area contributed by atoms with E-state index in [-0.39, 0.29) is 17.9 Å². The number of hydrogen-bond acceptors (Lipinski definition) is 3. The third-order valence-electron chi connectivity index (χ3n) is 3.55. The van der Waals surface area contributed by atoms with Gasteiger partial charge in [0.05, 0.1) is 23.7 Å². The lowest BCUT2D eigenvalue weighted by Gasteiger charge is -2.02. The summed E-state index contributed by atoms with van der Waals surface area (Å²) in [5, 5.41) is 3.69. The molecule has 1 N–H and O–H groups in total. The molecule has 0 aliphatic rings. The highest BCUT2D eigenvalue weighted by atomic mass is 19.1. The van der Waals surface area contributed by atoms with E-state index < -0.39 is 11.6 Å². The van der Waals surface area contributed by atoms with Crippen LogP contribution >= 0.6 is 0 Å². The predicted octanol–water partition coefficient (Wildman–Crippen LogP) is 2.54. The molecule has 0 saturated carbocycles. The van der Waals surface area contributed by atoms with Crippen LogP contribution in [0.3, 0.4) is 0 Å². The quantitative estimate of drug-likeness (QED) is 0.591. The molecule has 0 bridgehead atoms. The summed E-state index contributed by atoms with van der Waals surface area (Å²) in [6, 6.07) is 10.7. The number of imidazole rings is 1. The van der Waals surface area contributed by atoms with Gasteiger partial charge in [-0.2, -0.15) is 5.10 Å². The number of para-hydroxylation sites is 2. The number of carbonyl (C=O) groups excluding carboxylic acids is 1. The number of aryl methyl sites for hydroxylation is 1. The number of aromatic nitrogens is 2. The third kappa shape index (κ3) is 3.29. The van der Waals surface area contributed by atoms with Crippen molar-refractivity contribution in [3.05, 3.63) is 65.5 Å². The first-order valence-corrected chi connectivity index (χ1v) is 7.22. The van der Waals surface area contributed by atoms with Gasteiger partial charge in [-0.25, -0.2) is 19.2 Å². The zero-order chi connectivity index (χ0) is 17.1. The van der Waals surface area contributed by atoms with Crippen molar-refractivity contribution >= 4 is 23.2 Å². The molecule has 0 fully saturated rings. The van der Waals surface area contributed by atoms with Crippen molar-refractivity contribution < 1.29 is 13.6 Å². The van der Waals surface area contributed by atoms with Gasteiger partial charge in [-0.15, -0.1) is 0 Å². The smallest absolute Gasteiger partial charge is 0.247 e. The first-order chi connectivity index (χ1) is 11.5. The highest BCUT2D eigenvalue weighted by Gasteiger charge is 2.11. The topological polar surface area (TPSA) is 59.3 Å². The van der Waals surface area contributed by atoms with Crippen LogP contribution in [0.15, 0.2) is 47.6 Å². The van der Waals surface area contributed by atoms with Gasteiger partial charge >= 0.3 is 0 Å². The van der Waals surface area contributed by atoms with E-state index >= 15 is 0 Å². The standard InChI is InChI=1S/C17H14F2N4O/c1-23-15-5-3-2-4-14(15)21-16(23)9-17(24)22-20-10-11-6-7-12(18)8-13(11)19/h2-8,10H,9H2,1H3,(H,22,24). The Balaban J connectivity index is 1.66. The minimum absolute atomic E-state index is 0.0361. The number of carbonyl (C=O) groups is 1. The number of nitrogens with zero attached hydrogens (tertiary/aromatic N) is 3. The minimum Gasteiger partial charge on any atom is -0.331 e. The van der Waals surface area contributed by atoms with Gasteiger partial charge in [0, 0.05) is 18.7 Å². The molecule has 0 atom stereocenters. The number of benzene rings is 2. The zero-order valence-electron chi connectivity index (χ0n) is 12.8. The molecule has 122 valence electrons. The normalized spacial score (nSPS) is 11.3. The summed E-state index contributed by atoms with van der Waals surface area (Å²) in [6.45, 7) is 0. The van der Waals surface area contributed by atoms with Gasteiger partial charge in [0.25, 0.3) is 0 Å². The average molecular weight is 328 g/mol. The van der Waals surface area contributed by atoms with E-state index in [0.29, 0.717) is 5.82 Å². The van der Waals surface area contributed by atoms with Gasteiger partial charge in [0.2, 0.25) is 5.91 Å². The lowest BCUT2D eigenvalue weighted by molar-refractivity contribution is -0.120. The average Bonchev–Trinajstić information content (AvgIpc) is 2.86. The van der Waals surface area contributed by atoms with Crippen LogP contribution in [0.4, 0.5) is 8.78 Å². The lowest BCUT2D eigenvalue weighted by Crippen LogP contribution is -2.21. The Bertz CT molecular complexity index is 933. The maximum absolute atomic E-state index is 13.4. The van der Waals surface area contributed by atoms with Crippen LogP contribution in [0.5, 0.6) is 0 Å². The Kier molecular flexibility index (Phi) is 4.33. The molecular formula is C17H14F2N4O. The van der Waals surface area contributed by atoms with Crippen molar-refractivity contribution in [2.75, 3.05) is 0 Å². The zero-order valence-corrected chi connectivity index (χ0v) is 12.8. The molecule has 24 heavy (non-hydrogen) atoms. The first kappa shape index (κ1) is 15.8. The van der Waals surface area contributed by atoms with Crippen LogP contribution in [0, 0.1) is 11.6 Å². The molecule has 0 radical (unpaired) electrons. The van der Waals surface area contributed by atoms with Crippen LogP contribution in [-0.4, -0.2) is 21.7 Å². The van der Waals surface area contributed by atoms with E-state index in [1.54, 1.807) is 0 Å². The monoisotopic (exact) mass is 328 g/mol. The van der Waals surface area contributed by atoms with Crippen LogP contribution in [0.25, 0.3) is 11.0 Å². The summed E-state index contributed by atoms with van der Waals surface area (Å²) in [7, 11) is 1.83. The van der Waals surface area contributed by atoms with E-state index in [2.05, 4.69) is 15.5 Å².